The zero-order chi connectivity index (χ0) is 21.1. The van der Waals surface area contributed by atoms with Gasteiger partial charge in [0, 0.05) is 48.6 Å². The van der Waals surface area contributed by atoms with Gasteiger partial charge in [-0.3, -0.25) is 9.71 Å². The SMILES string of the molecule is CN(C)c1cccc2c(S(=O)(=O)Nc3ccc(Cc4ccncc4)cc3)cccc12. The number of hydrogen-bond acceptors (Lipinski definition) is 4. The molecule has 0 saturated heterocycles. The fourth-order valence-corrected chi connectivity index (χ4v) is 4.81. The summed E-state index contributed by atoms with van der Waals surface area (Å²) >= 11 is 0. The Labute approximate surface area is 177 Å². The number of pyridine rings is 1. The lowest BCUT2D eigenvalue weighted by Gasteiger charge is -2.17. The first kappa shape index (κ1) is 19.9. The summed E-state index contributed by atoms with van der Waals surface area (Å²) in [6.45, 7) is 0. The van der Waals surface area contributed by atoms with Gasteiger partial charge in [-0.1, -0.05) is 36.4 Å². The van der Waals surface area contributed by atoms with Crippen molar-refractivity contribution < 1.29 is 8.42 Å². The van der Waals surface area contributed by atoms with Crippen LogP contribution in [-0.2, 0) is 16.4 Å². The molecular weight excluding hydrogens is 394 g/mol. The molecule has 4 aromatic rings. The highest BCUT2D eigenvalue weighted by atomic mass is 32.2. The number of hydrogen-bond donors (Lipinski definition) is 1. The summed E-state index contributed by atoms with van der Waals surface area (Å²) in [6.07, 6.45) is 4.31. The lowest BCUT2D eigenvalue weighted by Crippen LogP contribution is -2.14. The number of anilines is 2. The Morgan fingerprint density at radius 3 is 2.13 bits per heavy atom. The second kappa shape index (κ2) is 8.16. The Bertz CT molecular complexity index is 1270. The molecule has 0 spiro atoms. The minimum Gasteiger partial charge on any atom is -0.377 e. The highest BCUT2D eigenvalue weighted by molar-refractivity contribution is 7.93. The van der Waals surface area contributed by atoms with Gasteiger partial charge >= 0.3 is 0 Å². The molecule has 0 bridgehead atoms. The molecule has 6 heteroatoms. The standard InChI is InChI=1S/C24H23N3O2S/c1-27(2)23-7-3-6-22-21(23)5-4-8-24(22)30(28,29)26-20-11-9-18(10-12-20)17-19-13-15-25-16-14-19/h3-16,26H,17H2,1-2H3. The number of rotatable bonds is 6. The van der Waals surface area contributed by atoms with Crippen LogP contribution < -0.4 is 9.62 Å². The molecule has 5 nitrogen and oxygen atoms in total. The monoisotopic (exact) mass is 417 g/mol. The Hall–Kier alpha value is -3.38. The van der Waals surface area contributed by atoms with Gasteiger partial charge in [-0.25, -0.2) is 8.42 Å². The zero-order valence-electron chi connectivity index (χ0n) is 16.9. The van der Waals surface area contributed by atoms with Crippen LogP contribution in [0.1, 0.15) is 11.1 Å². The molecule has 30 heavy (non-hydrogen) atoms. The second-order valence-electron chi connectivity index (χ2n) is 7.36. The number of sulfonamides is 1. The summed E-state index contributed by atoms with van der Waals surface area (Å²) in [5, 5.41) is 1.60. The van der Waals surface area contributed by atoms with Gasteiger partial charge in [0.1, 0.15) is 0 Å². The molecule has 4 rings (SSSR count). The van der Waals surface area contributed by atoms with Gasteiger partial charge in [0.2, 0.25) is 0 Å². The summed E-state index contributed by atoms with van der Waals surface area (Å²) in [6, 6.07) is 22.5. The third-order valence-electron chi connectivity index (χ3n) is 4.99. The lowest BCUT2D eigenvalue weighted by molar-refractivity contribution is 0.602. The normalized spacial score (nSPS) is 11.4. The van der Waals surface area contributed by atoms with Crippen molar-refractivity contribution in [3.8, 4) is 0 Å². The Morgan fingerprint density at radius 1 is 0.800 bits per heavy atom. The number of fused-ring (bicyclic) bond motifs is 1. The van der Waals surface area contributed by atoms with E-state index in [1.807, 2.05) is 67.5 Å². The maximum absolute atomic E-state index is 13.1. The van der Waals surface area contributed by atoms with E-state index in [9.17, 15) is 8.42 Å². The molecule has 1 N–H and O–H groups in total. The number of aromatic nitrogens is 1. The van der Waals surface area contributed by atoms with Gasteiger partial charge in [-0.2, -0.15) is 0 Å². The first-order valence-corrected chi connectivity index (χ1v) is 11.1. The van der Waals surface area contributed by atoms with Gasteiger partial charge < -0.3 is 4.90 Å². The highest BCUT2D eigenvalue weighted by Crippen LogP contribution is 2.31. The van der Waals surface area contributed by atoms with Crippen molar-refractivity contribution in [1.29, 1.82) is 0 Å². The van der Waals surface area contributed by atoms with Crippen molar-refractivity contribution in [2.45, 2.75) is 11.3 Å². The lowest BCUT2D eigenvalue weighted by atomic mass is 10.1. The molecule has 3 aromatic carbocycles. The van der Waals surface area contributed by atoms with Gasteiger partial charge in [-0.15, -0.1) is 0 Å². The number of benzene rings is 3. The summed E-state index contributed by atoms with van der Waals surface area (Å²) in [7, 11) is 0.161. The molecule has 0 unspecified atom stereocenters. The average Bonchev–Trinajstić information content (AvgIpc) is 2.74. The molecule has 1 aromatic heterocycles. The van der Waals surface area contributed by atoms with E-state index in [2.05, 4.69) is 9.71 Å². The highest BCUT2D eigenvalue weighted by Gasteiger charge is 2.18. The molecular formula is C24H23N3O2S. The smallest absolute Gasteiger partial charge is 0.262 e. The van der Waals surface area contributed by atoms with E-state index in [-0.39, 0.29) is 4.90 Å². The third kappa shape index (κ3) is 4.14. The average molecular weight is 418 g/mol. The quantitative estimate of drug-likeness (QED) is 0.494. The first-order valence-electron chi connectivity index (χ1n) is 9.64. The first-order chi connectivity index (χ1) is 14.4. The van der Waals surface area contributed by atoms with Crippen molar-refractivity contribution in [1.82, 2.24) is 4.98 Å². The van der Waals surface area contributed by atoms with Gasteiger partial charge in [0.25, 0.3) is 10.0 Å². The van der Waals surface area contributed by atoms with Gasteiger partial charge in [0.15, 0.2) is 0 Å². The van der Waals surface area contributed by atoms with E-state index >= 15 is 0 Å². The van der Waals surface area contributed by atoms with E-state index < -0.39 is 10.0 Å². The number of nitrogens with zero attached hydrogens (tertiary/aromatic N) is 2. The molecule has 0 aliphatic rings. The van der Waals surface area contributed by atoms with E-state index in [0.717, 1.165) is 28.6 Å². The van der Waals surface area contributed by atoms with Crippen LogP contribution in [0.3, 0.4) is 0 Å². The van der Waals surface area contributed by atoms with E-state index in [0.29, 0.717) is 11.1 Å². The van der Waals surface area contributed by atoms with Crippen LogP contribution in [0.2, 0.25) is 0 Å². The van der Waals surface area contributed by atoms with Crippen LogP contribution >= 0.6 is 0 Å². The molecule has 0 fully saturated rings. The van der Waals surface area contributed by atoms with E-state index in [1.165, 1.54) is 0 Å². The van der Waals surface area contributed by atoms with Gasteiger partial charge in [-0.05, 0) is 53.9 Å². The molecule has 0 atom stereocenters. The summed E-state index contributed by atoms with van der Waals surface area (Å²) < 4.78 is 29.0. The Balaban J connectivity index is 1.61. The van der Waals surface area contributed by atoms with Crippen LogP contribution in [0.4, 0.5) is 11.4 Å². The Morgan fingerprint density at radius 2 is 1.43 bits per heavy atom. The maximum Gasteiger partial charge on any atom is 0.262 e. The van der Waals surface area contributed by atoms with Crippen LogP contribution in [0.15, 0.2) is 90.1 Å². The van der Waals surface area contributed by atoms with Crippen molar-refractivity contribution in [3.63, 3.8) is 0 Å². The zero-order valence-corrected chi connectivity index (χ0v) is 17.7. The Kier molecular flexibility index (Phi) is 5.42. The maximum atomic E-state index is 13.1. The minimum absolute atomic E-state index is 0.268. The largest absolute Gasteiger partial charge is 0.377 e. The molecule has 1 heterocycles. The topological polar surface area (TPSA) is 62.3 Å². The molecule has 0 amide bonds. The van der Waals surface area contributed by atoms with Crippen LogP contribution in [-0.4, -0.2) is 27.5 Å². The van der Waals surface area contributed by atoms with Gasteiger partial charge in [0.05, 0.1) is 4.90 Å². The summed E-state index contributed by atoms with van der Waals surface area (Å²) in [5.41, 5.74) is 3.77. The van der Waals surface area contributed by atoms with Crippen LogP contribution in [0.5, 0.6) is 0 Å². The number of nitrogens with one attached hydrogen (secondary N) is 1. The summed E-state index contributed by atoms with van der Waals surface area (Å²) in [5.74, 6) is 0. The molecule has 0 aliphatic carbocycles. The molecule has 0 aliphatic heterocycles. The van der Waals surface area contributed by atoms with Crippen molar-refractivity contribution >= 4 is 32.2 Å². The van der Waals surface area contributed by atoms with Crippen molar-refractivity contribution in [3.05, 3.63) is 96.3 Å². The predicted molar refractivity (Wildman–Crippen MR) is 123 cm³/mol. The summed E-state index contributed by atoms with van der Waals surface area (Å²) in [4.78, 5) is 6.28. The second-order valence-corrected chi connectivity index (χ2v) is 9.01. The third-order valence-corrected chi connectivity index (χ3v) is 6.43. The van der Waals surface area contributed by atoms with Crippen molar-refractivity contribution in [2.75, 3.05) is 23.7 Å². The van der Waals surface area contributed by atoms with Crippen LogP contribution in [0.25, 0.3) is 10.8 Å². The molecule has 0 saturated carbocycles. The fraction of sp³-hybridized carbons (Fsp3) is 0.125. The molecule has 152 valence electrons. The molecule has 0 radical (unpaired) electrons. The van der Waals surface area contributed by atoms with Crippen LogP contribution in [0, 0.1) is 0 Å². The van der Waals surface area contributed by atoms with Crippen molar-refractivity contribution in [2.24, 2.45) is 0 Å². The minimum atomic E-state index is -3.73. The van der Waals surface area contributed by atoms with E-state index in [4.69, 9.17) is 0 Å². The predicted octanol–water partition coefficient (Wildman–Crippen LogP) is 4.69. The van der Waals surface area contributed by atoms with E-state index in [1.54, 1.807) is 36.7 Å². The fourth-order valence-electron chi connectivity index (χ4n) is 3.53.